The summed E-state index contributed by atoms with van der Waals surface area (Å²) < 4.78 is 0. The van der Waals surface area contributed by atoms with E-state index in [0.29, 0.717) is 5.46 Å². The van der Waals surface area contributed by atoms with Crippen LogP contribution in [0, 0.1) is 0 Å². The van der Waals surface area contributed by atoms with E-state index in [1.54, 1.807) is 6.07 Å². The van der Waals surface area contributed by atoms with E-state index in [1.165, 1.54) is 27.1 Å². The summed E-state index contributed by atoms with van der Waals surface area (Å²) in [5.74, 6) is 0. The van der Waals surface area contributed by atoms with E-state index >= 15 is 0 Å². The minimum absolute atomic E-state index is 0.487. The van der Waals surface area contributed by atoms with Crippen molar-refractivity contribution in [3.63, 3.8) is 0 Å². The summed E-state index contributed by atoms with van der Waals surface area (Å²) in [6, 6.07) is 34.9. The molecule has 29 heavy (non-hydrogen) atoms. The van der Waals surface area contributed by atoms with Gasteiger partial charge in [0.1, 0.15) is 0 Å². The Kier molecular flexibility index (Phi) is 4.40. The van der Waals surface area contributed by atoms with Gasteiger partial charge in [0, 0.05) is 0 Å². The van der Waals surface area contributed by atoms with Crippen LogP contribution in [0.2, 0.25) is 0 Å². The third-order valence-electron chi connectivity index (χ3n) is 5.48. The van der Waals surface area contributed by atoms with Crippen LogP contribution in [0.15, 0.2) is 103 Å². The zero-order valence-corrected chi connectivity index (χ0v) is 15.8. The number of hydrogen-bond acceptors (Lipinski definition) is 2. The molecule has 5 aromatic rings. The van der Waals surface area contributed by atoms with Crippen molar-refractivity contribution in [3.8, 4) is 22.3 Å². The predicted molar refractivity (Wildman–Crippen MR) is 122 cm³/mol. The number of benzene rings is 5. The molecule has 0 unspecified atom stereocenters. The Morgan fingerprint density at radius 1 is 0.483 bits per heavy atom. The third-order valence-corrected chi connectivity index (χ3v) is 5.48. The molecular formula is C26H19BO2. The van der Waals surface area contributed by atoms with Crippen molar-refractivity contribution in [1.82, 2.24) is 0 Å². The third kappa shape index (κ3) is 3.11. The van der Waals surface area contributed by atoms with Gasteiger partial charge in [0.15, 0.2) is 0 Å². The second kappa shape index (κ2) is 7.21. The van der Waals surface area contributed by atoms with Crippen LogP contribution in [0.4, 0.5) is 0 Å². The SMILES string of the molecule is OB(O)c1cccc(-c2ccccc2-c2cc3ccccc3c3ccccc23)c1. The van der Waals surface area contributed by atoms with Crippen LogP contribution < -0.4 is 5.46 Å². The summed E-state index contributed by atoms with van der Waals surface area (Å²) in [6.07, 6.45) is 0. The minimum Gasteiger partial charge on any atom is -0.423 e. The molecule has 0 bridgehead atoms. The van der Waals surface area contributed by atoms with Crippen LogP contribution in [0.1, 0.15) is 0 Å². The highest BCUT2D eigenvalue weighted by molar-refractivity contribution is 6.58. The summed E-state index contributed by atoms with van der Waals surface area (Å²) in [5, 5.41) is 24.1. The largest absolute Gasteiger partial charge is 0.488 e. The van der Waals surface area contributed by atoms with Gasteiger partial charge in [0.05, 0.1) is 0 Å². The molecule has 0 radical (unpaired) electrons. The van der Waals surface area contributed by atoms with Crippen molar-refractivity contribution in [3.05, 3.63) is 103 Å². The molecule has 0 heterocycles. The first-order chi connectivity index (χ1) is 14.2. The Bertz CT molecular complexity index is 1340. The lowest BCUT2D eigenvalue weighted by atomic mass is 9.78. The molecule has 5 aromatic carbocycles. The van der Waals surface area contributed by atoms with Gasteiger partial charge in [-0.05, 0) is 55.3 Å². The first-order valence-corrected chi connectivity index (χ1v) is 9.69. The fraction of sp³-hybridized carbons (Fsp3) is 0. The summed E-state index contributed by atoms with van der Waals surface area (Å²) in [6.45, 7) is 0. The highest BCUT2D eigenvalue weighted by Gasteiger charge is 2.15. The van der Waals surface area contributed by atoms with Crippen LogP contribution in [-0.4, -0.2) is 17.2 Å². The first kappa shape index (κ1) is 17.7. The summed E-state index contributed by atoms with van der Waals surface area (Å²) >= 11 is 0. The number of hydrogen-bond donors (Lipinski definition) is 2. The molecular weight excluding hydrogens is 355 g/mol. The quantitative estimate of drug-likeness (QED) is 0.344. The molecule has 0 fully saturated rings. The number of fused-ring (bicyclic) bond motifs is 3. The van der Waals surface area contributed by atoms with Crippen LogP contribution in [0.5, 0.6) is 0 Å². The monoisotopic (exact) mass is 374 g/mol. The summed E-state index contributed by atoms with van der Waals surface area (Å²) in [5.41, 5.74) is 4.81. The maximum absolute atomic E-state index is 9.60. The Balaban J connectivity index is 1.82. The van der Waals surface area contributed by atoms with E-state index in [-0.39, 0.29) is 0 Å². The normalized spacial score (nSPS) is 11.1. The molecule has 0 spiro atoms. The summed E-state index contributed by atoms with van der Waals surface area (Å²) in [7, 11) is -1.48. The molecule has 0 aliphatic heterocycles. The Labute approximate surface area is 169 Å². The molecule has 0 amide bonds. The van der Waals surface area contributed by atoms with Crippen LogP contribution in [0.3, 0.4) is 0 Å². The van der Waals surface area contributed by atoms with Gasteiger partial charge in [0.2, 0.25) is 0 Å². The van der Waals surface area contributed by atoms with Crippen molar-refractivity contribution < 1.29 is 10.0 Å². The van der Waals surface area contributed by atoms with Crippen LogP contribution >= 0.6 is 0 Å². The molecule has 3 heteroatoms. The second-order valence-corrected chi connectivity index (χ2v) is 7.24. The molecule has 138 valence electrons. The van der Waals surface area contributed by atoms with Crippen molar-refractivity contribution in [2.24, 2.45) is 0 Å². The van der Waals surface area contributed by atoms with E-state index in [1.807, 2.05) is 30.3 Å². The highest BCUT2D eigenvalue weighted by Crippen LogP contribution is 2.39. The molecule has 0 aliphatic carbocycles. The van der Waals surface area contributed by atoms with Gasteiger partial charge in [-0.1, -0.05) is 97.1 Å². The van der Waals surface area contributed by atoms with Gasteiger partial charge < -0.3 is 10.0 Å². The van der Waals surface area contributed by atoms with E-state index in [0.717, 1.165) is 16.7 Å². The maximum atomic E-state index is 9.60. The lowest BCUT2D eigenvalue weighted by Gasteiger charge is -2.15. The van der Waals surface area contributed by atoms with Crippen LogP contribution in [-0.2, 0) is 0 Å². The molecule has 2 N–H and O–H groups in total. The lowest BCUT2D eigenvalue weighted by molar-refractivity contribution is 0.426. The van der Waals surface area contributed by atoms with Crippen LogP contribution in [0.25, 0.3) is 43.8 Å². The molecule has 2 nitrogen and oxygen atoms in total. The smallest absolute Gasteiger partial charge is 0.423 e. The molecule has 0 saturated carbocycles. The van der Waals surface area contributed by atoms with Gasteiger partial charge in [0.25, 0.3) is 0 Å². The molecule has 5 rings (SSSR count). The number of rotatable bonds is 3. The highest BCUT2D eigenvalue weighted by atomic mass is 16.4. The van der Waals surface area contributed by atoms with Gasteiger partial charge in [-0.3, -0.25) is 0 Å². The minimum atomic E-state index is -1.48. The fourth-order valence-corrected chi connectivity index (χ4v) is 4.11. The van der Waals surface area contributed by atoms with E-state index in [9.17, 15) is 10.0 Å². The first-order valence-electron chi connectivity index (χ1n) is 9.69. The Morgan fingerprint density at radius 2 is 1.14 bits per heavy atom. The molecule has 0 atom stereocenters. The van der Waals surface area contributed by atoms with E-state index in [2.05, 4.69) is 66.7 Å². The van der Waals surface area contributed by atoms with Crippen molar-refractivity contribution in [1.29, 1.82) is 0 Å². The van der Waals surface area contributed by atoms with Gasteiger partial charge in [-0.25, -0.2) is 0 Å². The molecule has 0 aliphatic rings. The van der Waals surface area contributed by atoms with Crippen molar-refractivity contribution >= 4 is 34.1 Å². The maximum Gasteiger partial charge on any atom is 0.488 e. The predicted octanol–water partition coefficient (Wildman–Crippen LogP) is 5.01. The fourth-order valence-electron chi connectivity index (χ4n) is 4.11. The lowest BCUT2D eigenvalue weighted by Crippen LogP contribution is -2.29. The zero-order valence-electron chi connectivity index (χ0n) is 15.8. The van der Waals surface area contributed by atoms with Crippen molar-refractivity contribution in [2.45, 2.75) is 0 Å². The Morgan fingerprint density at radius 3 is 1.93 bits per heavy atom. The average molecular weight is 374 g/mol. The van der Waals surface area contributed by atoms with E-state index in [4.69, 9.17) is 0 Å². The average Bonchev–Trinajstić information content (AvgIpc) is 2.78. The van der Waals surface area contributed by atoms with E-state index < -0.39 is 7.12 Å². The zero-order chi connectivity index (χ0) is 19.8. The summed E-state index contributed by atoms with van der Waals surface area (Å²) in [4.78, 5) is 0. The van der Waals surface area contributed by atoms with Gasteiger partial charge in [-0.2, -0.15) is 0 Å². The molecule has 0 aromatic heterocycles. The van der Waals surface area contributed by atoms with Crippen molar-refractivity contribution in [2.75, 3.05) is 0 Å². The second-order valence-electron chi connectivity index (χ2n) is 7.24. The topological polar surface area (TPSA) is 40.5 Å². The standard InChI is InChI=1S/C26H19BO2/c28-27(29)20-10-7-9-18(16-20)21-12-3-4-14-24(21)26-17-19-8-1-2-11-22(19)23-13-5-6-15-25(23)26/h1-17,28-29H. The van der Waals surface area contributed by atoms with Gasteiger partial charge >= 0.3 is 7.12 Å². The van der Waals surface area contributed by atoms with Gasteiger partial charge in [-0.15, -0.1) is 0 Å². The molecule has 0 saturated heterocycles. The Hall–Kier alpha value is -3.40.